The van der Waals surface area contributed by atoms with E-state index >= 15 is 0 Å². The van der Waals surface area contributed by atoms with Crippen LogP contribution < -0.4 is 4.74 Å². The van der Waals surface area contributed by atoms with Gasteiger partial charge in [-0.05, 0) is 23.8 Å². The zero-order valence-corrected chi connectivity index (χ0v) is 10.0. The van der Waals surface area contributed by atoms with E-state index in [-0.39, 0.29) is 11.7 Å². The molecule has 0 bridgehead atoms. The number of hydroxylamine groups is 2. The molecule has 0 aliphatic rings. The SMILES string of the molecule is COc1cc(/C=C/C(=O)N(C)OC)ccc1O. The van der Waals surface area contributed by atoms with Crippen molar-refractivity contribution in [2.24, 2.45) is 0 Å². The summed E-state index contributed by atoms with van der Waals surface area (Å²) in [6.07, 6.45) is 2.98. The summed E-state index contributed by atoms with van der Waals surface area (Å²) in [5.74, 6) is 0.143. The Morgan fingerprint density at radius 1 is 1.41 bits per heavy atom. The van der Waals surface area contributed by atoms with Crippen LogP contribution in [0.4, 0.5) is 0 Å². The number of phenolic OH excluding ortho intramolecular Hbond substituents is 1. The van der Waals surface area contributed by atoms with Gasteiger partial charge in [0.05, 0.1) is 14.2 Å². The molecule has 1 aromatic carbocycles. The van der Waals surface area contributed by atoms with Gasteiger partial charge in [-0.1, -0.05) is 6.07 Å². The Morgan fingerprint density at radius 2 is 2.12 bits per heavy atom. The van der Waals surface area contributed by atoms with Gasteiger partial charge in [-0.3, -0.25) is 9.63 Å². The van der Waals surface area contributed by atoms with Gasteiger partial charge in [-0.25, -0.2) is 5.06 Å². The number of aromatic hydroxyl groups is 1. The van der Waals surface area contributed by atoms with Gasteiger partial charge in [0.15, 0.2) is 11.5 Å². The minimum absolute atomic E-state index is 0.0602. The van der Waals surface area contributed by atoms with Gasteiger partial charge in [0.2, 0.25) is 0 Å². The van der Waals surface area contributed by atoms with Gasteiger partial charge in [-0.2, -0.15) is 0 Å². The highest BCUT2D eigenvalue weighted by molar-refractivity contribution is 5.90. The molecule has 0 radical (unpaired) electrons. The van der Waals surface area contributed by atoms with Gasteiger partial charge in [0.1, 0.15) is 0 Å². The summed E-state index contributed by atoms with van der Waals surface area (Å²) in [5.41, 5.74) is 0.748. The molecule has 5 heteroatoms. The van der Waals surface area contributed by atoms with Crippen molar-refractivity contribution in [2.45, 2.75) is 0 Å². The van der Waals surface area contributed by atoms with Crippen LogP contribution in [0.2, 0.25) is 0 Å². The van der Waals surface area contributed by atoms with Crippen molar-refractivity contribution in [3.8, 4) is 11.5 Å². The maximum atomic E-state index is 11.4. The lowest BCUT2D eigenvalue weighted by Crippen LogP contribution is -2.22. The van der Waals surface area contributed by atoms with E-state index in [0.29, 0.717) is 5.75 Å². The largest absolute Gasteiger partial charge is 0.504 e. The van der Waals surface area contributed by atoms with Crippen LogP contribution in [0.15, 0.2) is 24.3 Å². The first-order valence-electron chi connectivity index (χ1n) is 4.95. The molecule has 0 atom stereocenters. The van der Waals surface area contributed by atoms with Crippen LogP contribution in [0.1, 0.15) is 5.56 Å². The molecule has 17 heavy (non-hydrogen) atoms. The van der Waals surface area contributed by atoms with Crippen LogP contribution in [0.3, 0.4) is 0 Å². The number of nitrogens with zero attached hydrogens (tertiary/aromatic N) is 1. The van der Waals surface area contributed by atoms with Crippen LogP contribution in [-0.4, -0.2) is 37.3 Å². The van der Waals surface area contributed by atoms with E-state index in [0.717, 1.165) is 10.6 Å². The zero-order valence-electron chi connectivity index (χ0n) is 10.0. The molecule has 1 amide bonds. The number of ether oxygens (including phenoxy) is 1. The van der Waals surface area contributed by atoms with Crippen molar-refractivity contribution in [3.05, 3.63) is 29.8 Å². The summed E-state index contributed by atoms with van der Waals surface area (Å²) in [6.45, 7) is 0. The minimum atomic E-state index is -0.278. The third-order valence-corrected chi connectivity index (χ3v) is 2.21. The molecule has 0 aliphatic carbocycles. The number of carbonyl (C=O) groups excluding carboxylic acids is 1. The quantitative estimate of drug-likeness (QED) is 0.635. The third kappa shape index (κ3) is 3.49. The average molecular weight is 237 g/mol. The summed E-state index contributed by atoms with van der Waals surface area (Å²) >= 11 is 0. The molecule has 1 aromatic rings. The fourth-order valence-electron chi connectivity index (χ4n) is 1.16. The summed E-state index contributed by atoms with van der Waals surface area (Å²) in [7, 11) is 4.39. The van der Waals surface area contributed by atoms with E-state index in [9.17, 15) is 9.90 Å². The Morgan fingerprint density at radius 3 is 2.71 bits per heavy atom. The second-order valence-electron chi connectivity index (χ2n) is 3.28. The molecule has 0 saturated carbocycles. The van der Waals surface area contributed by atoms with Crippen LogP contribution >= 0.6 is 0 Å². The number of hydrogen-bond acceptors (Lipinski definition) is 4. The number of methoxy groups -OCH3 is 1. The van der Waals surface area contributed by atoms with Crippen molar-refractivity contribution in [1.29, 1.82) is 0 Å². The number of carbonyl (C=O) groups is 1. The van der Waals surface area contributed by atoms with Gasteiger partial charge in [0, 0.05) is 13.1 Å². The van der Waals surface area contributed by atoms with Gasteiger partial charge >= 0.3 is 0 Å². The first-order valence-corrected chi connectivity index (χ1v) is 4.95. The maximum absolute atomic E-state index is 11.4. The Hall–Kier alpha value is -2.01. The van der Waals surface area contributed by atoms with E-state index in [1.54, 1.807) is 18.2 Å². The summed E-state index contributed by atoms with van der Waals surface area (Å²) in [6, 6.07) is 4.81. The molecule has 5 nitrogen and oxygen atoms in total. The number of phenols is 1. The summed E-state index contributed by atoms with van der Waals surface area (Å²) < 4.78 is 4.96. The lowest BCUT2D eigenvalue weighted by atomic mass is 10.2. The van der Waals surface area contributed by atoms with Crippen LogP contribution in [-0.2, 0) is 9.63 Å². The number of benzene rings is 1. The lowest BCUT2D eigenvalue weighted by molar-refractivity contribution is -0.162. The molecule has 0 aromatic heterocycles. The Balaban J connectivity index is 2.81. The number of amides is 1. The Bertz CT molecular complexity index is 429. The normalized spacial score (nSPS) is 10.5. The second-order valence-corrected chi connectivity index (χ2v) is 3.28. The predicted octanol–water partition coefficient (Wildman–Crippen LogP) is 1.43. The highest BCUT2D eigenvalue weighted by atomic mass is 16.7. The summed E-state index contributed by atoms with van der Waals surface area (Å²) in [4.78, 5) is 16.1. The predicted molar refractivity (Wildman–Crippen MR) is 63.5 cm³/mol. The van der Waals surface area contributed by atoms with Crippen molar-refractivity contribution in [3.63, 3.8) is 0 Å². The first kappa shape index (κ1) is 13.1. The van der Waals surface area contributed by atoms with E-state index in [4.69, 9.17) is 9.57 Å². The smallest absolute Gasteiger partial charge is 0.269 e. The molecule has 0 fully saturated rings. The molecule has 0 unspecified atom stereocenters. The molecule has 0 aliphatic heterocycles. The molecular weight excluding hydrogens is 222 g/mol. The fraction of sp³-hybridized carbons (Fsp3) is 0.250. The Kier molecular flexibility index (Phi) is 4.54. The molecule has 0 spiro atoms. The Labute approximate surface area is 99.8 Å². The second kappa shape index (κ2) is 5.91. The van der Waals surface area contributed by atoms with E-state index < -0.39 is 0 Å². The minimum Gasteiger partial charge on any atom is -0.504 e. The topological polar surface area (TPSA) is 59.0 Å². The molecule has 0 heterocycles. The molecule has 1 N–H and O–H groups in total. The molecular formula is C12H15NO4. The number of hydrogen-bond donors (Lipinski definition) is 1. The van der Waals surface area contributed by atoms with E-state index in [2.05, 4.69) is 0 Å². The van der Waals surface area contributed by atoms with Crippen molar-refractivity contribution in [1.82, 2.24) is 5.06 Å². The van der Waals surface area contributed by atoms with Crippen LogP contribution in [0.25, 0.3) is 6.08 Å². The van der Waals surface area contributed by atoms with Crippen molar-refractivity contribution < 1.29 is 19.5 Å². The maximum Gasteiger partial charge on any atom is 0.269 e. The van der Waals surface area contributed by atoms with Gasteiger partial charge < -0.3 is 9.84 Å². The van der Waals surface area contributed by atoms with Gasteiger partial charge in [-0.15, -0.1) is 0 Å². The fourth-order valence-corrected chi connectivity index (χ4v) is 1.16. The highest BCUT2D eigenvalue weighted by Crippen LogP contribution is 2.26. The van der Waals surface area contributed by atoms with Crippen LogP contribution in [0.5, 0.6) is 11.5 Å². The highest BCUT2D eigenvalue weighted by Gasteiger charge is 2.03. The standard InChI is InChI=1S/C12H15NO4/c1-13(17-3)12(15)7-5-9-4-6-10(14)11(8-9)16-2/h4-8,14H,1-3H3/b7-5+. The monoisotopic (exact) mass is 237 g/mol. The lowest BCUT2D eigenvalue weighted by Gasteiger charge is -2.10. The third-order valence-electron chi connectivity index (χ3n) is 2.21. The summed E-state index contributed by atoms with van der Waals surface area (Å²) in [5, 5.41) is 10.5. The number of likely N-dealkylation sites (N-methyl/N-ethyl adjacent to an activating group) is 1. The first-order chi connectivity index (χ1) is 8.08. The van der Waals surface area contributed by atoms with Crippen molar-refractivity contribution in [2.75, 3.05) is 21.3 Å². The molecule has 0 saturated heterocycles. The molecule has 1 rings (SSSR count). The van der Waals surface area contributed by atoms with Crippen LogP contribution in [0, 0.1) is 0 Å². The zero-order chi connectivity index (χ0) is 12.8. The van der Waals surface area contributed by atoms with E-state index in [1.807, 2.05) is 0 Å². The average Bonchev–Trinajstić information content (AvgIpc) is 2.36. The van der Waals surface area contributed by atoms with Gasteiger partial charge in [0.25, 0.3) is 5.91 Å². The van der Waals surface area contributed by atoms with E-state index in [1.165, 1.54) is 33.4 Å². The van der Waals surface area contributed by atoms with Crippen molar-refractivity contribution >= 4 is 12.0 Å². The molecule has 92 valence electrons. The number of rotatable bonds is 4.